The number of hydrogen-bond acceptors (Lipinski definition) is 5. The van der Waals surface area contributed by atoms with Gasteiger partial charge in [-0.2, -0.15) is 0 Å². The first-order valence-corrected chi connectivity index (χ1v) is 8.84. The molecule has 2 aromatic rings. The highest BCUT2D eigenvalue weighted by Crippen LogP contribution is 2.31. The summed E-state index contributed by atoms with van der Waals surface area (Å²) in [6, 6.07) is 9.18. The Morgan fingerprint density at radius 2 is 2.12 bits per heavy atom. The number of fused-ring (bicyclic) bond motifs is 1. The van der Waals surface area contributed by atoms with Crippen LogP contribution in [-0.2, 0) is 20.7 Å². The van der Waals surface area contributed by atoms with Crippen LogP contribution in [0.4, 0.5) is 11.4 Å². The Labute approximate surface area is 149 Å². The van der Waals surface area contributed by atoms with Gasteiger partial charge in [-0.25, -0.2) is 0 Å². The monoisotopic (exact) mass is 358 g/mol. The summed E-state index contributed by atoms with van der Waals surface area (Å²) in [7, 11) is 0. The first-order valence-electron chi connectivity index (χ1n) is 7.96. The van der Waals surface area contributed by atoms with Crippen LogP contribution in [-0.4, -0.2) is 30.9 Å². The van der Waals surface area contributed by atoms with Gasteiger partial charge in [0, 0.05) is 24.8 Å². The molecule has 0 atom stereocenters. The quantitative estimate of drug-likeness (QED) is 0.853. The molecule has 0 radical (unpaired) electrons. The van der Waals surface area contributed by atoms with E-state index in [1.807, 2.05) is 23.6 Å². The first kappa shape index (κ1) is 17.2. The number of anilines is 2. The number of hydrogen-bond donors (Lipinski definition) is 1. The predicted octanol–water partition coefficient (Wildman–Crippen LogP) is 2.84. The molecule has 7 heteroatoms. The molecule has 2 amide bonds. The second-order valence-electron chi connectivity index (χ2n) is 5.71. The third-order valence-electron chi connectivity index (χ3n) is 3.87. The minimum absolute atomic E-state index is 0.0284. The number of ether oxygens (including phenoxy) is 1. The van der Waals surface area contributed by atoms with Crippen molar-refractivity contribution in [1.29, 1.82) is 0 Å². The molecule has 0 aliphatic carbocycles. The summed E-state index contributed by atoms with van der Waals surface area (Å²) in [5.41, 5.74) is 2.46. The van der Waals surface area contributed by atoms with Gasteiger partial charge in [0.1, 0.15) is 0 Å². The summed E-state index contributed by atoms with van der Waals surface area (Å²) < 4.78 is 4.68. The third kappa shape index (κ3) is 4.06. The number of carbonyl (C=O) groups excluding carboxylic acids is 3. The van der Waals surface area contributed by atoms with Crippen LogP contribution in [0.3, 0.4) is 0 Å². The zero-order valence-corrected chi connectivity index (χ0v) is 14.6. The summed E-state index contributed by atoms with van der Waals surface area (Å²) in [6.45, 7) is 1.57. The average Bonchev–Trinajstić information content (AvgIpc) is 3.13. The molecule has 1 aliphatic heterocycles. The minimum Gasteiger partial charge on any atom is -0.456 e. The molecule has 1 aromatic carbocycles. The normalized spacial score (nSPS) is 13.1. The summed E-state index contributed by atoms with van der Waals surface area (Å²) in [5.74, 6) is -0.949. The molecular weight excluding hydrogens is 340 g/mol. The van der Waals surface area contributed by atoms with E-state index in [1.165, 1.54) is 18.3 Å². The third-order valence-corrected chi connectivity index (χ3v) is 4.73. The van der Waals surface area contributed by atoms with Gasteiger partial charge in [-0.3, -0.25) is 14.4 Å². The Kier molecular flexibility index (Phi) is 5.14. The van der Waals surface area contributed by atoms with Gasteiger partial charge >= 0.3 is 5.97 Å². The Hall–Kier alpha value is -2.67. The topological polar surface area (TPSA) is 75.7 Å². The number of benzene rings is 1. The van der Waals surface area contributed by atoms with Gasteiger partial charge in [0.15, 0.2) is 6.61 Å². The zero-order valence-electron chi connectivity index (χ0n) is 13.8. The van der Waals surface area contributed by atoms with Crippen molar-refractivity contribution < 1.29 is 19.1 Å². The van der Waals surface area contributed by atoms with Crippen LogP contribution in [0, 0.1) is 0 Å². The van der Waals surface area contributed by atoms with Gasteiger partial charge in [0.2, 0.25) is 0 Å². The molecule has 0 spiro atoms. The fourth-order valence-electron chi connectivity index (χ4n) is 2.76. The van der Waals surface area contributed by atoms with Gasteiger partial charge in [0.05, 0.1) is 4.88 Å². The lowest BCUT2D eigenvalue weighted by Gasteiger charge is -2.29. The summed E-state index contributed by atoms with van der Waals surface area (Å²) >= 11 is 1.41. The Morgan fingerprint density at radius 3 is 2.84 bits per heavy atom. The number of thiophene rings is 1. The fourth-order valence-corrected chi connectivity index (χ4v) is 3.43. The molecule has 0 unspecified atom stereocenters. The minimum atomic E-state index is -0.506. The van der Waals surface area contributed by atoms with Crippen LogP contribution in [0.25, 0.3) is 0 Å². The van der Waals surface area contributed by atoms with Gasteiger partial charge in [-0.1, -0.05) is 12.1 Å². The van der Waals surface area contributed by atoms with Crippen molar-refractivity contribution in [3.63, 3.8) is 0 Å². The number of esters is 1. The largest absolute Gasteiger partial charge is 0.456 e. The van der Waals surface area contributed by atoms with Crippen molar-refractivity contribution in [2.75, 3.05) is 23.4 Å². The van der Waals surface area contributed by atoms with E-state index in [-0.39, 0.29) is 12.5 Å². The Morgan fingerprint density at radius 1 is 1.28 bits per heavy atom. The molecule has 0 bridgehead atoms. The van der Waals surface area contributed by atoms with E-state index < -0.39 is 11.9 Å². The predicted molar refractivity (Wildman–Crippen MR) is 96.0 cm³/mol. The lowest BCUT2D eigenvalue weighted by atomic mass is 10.0. The maximum absolute atomic E-state index is 12.7. The van der Waals surface area contributed by atoms with Crippen LogP contribution < -0.4 is 10.2 Å². The second-order valence-corrected chi connectivity index (χ2v) is 6.66. The summed E-state index contributed by atoms with van der Waals surface area (Å²) in [6.07, 6.45) is 1.80. The van der Waals surface area contributed by atoms with Gasteiger partial charge in [0.25, 0.3) is 11.8 Å². The molecule has 6 nitrogen and oxygen atoms in total. The average molecular weight is 358 g/mol. The Balaban J connectivity index is 1.79. The van der Waals surface area contributed by atoms with Crippen molar-refractivity contribution in [2.24, 2.45) is 0 Å². The molecule has 130 valence electrons. The first-order chi connectivity index (χ1) is 12.0. The number of aryl methyl sites for hydroxylation is 1. The van der Waals surface area contributed by atoms with E-state index in [0.29, 0.717) is 17.1 Å². The molecular formula is C18H18N2O4S. The SMILES string of the molecule is CC(=O)OCC(=O)Nc1ccc2c(c1)N(C(=O)c1cccs1)CCC2. The van der Waals surface area contributed by atoms with Crippen LogP contribution in [0.5, 0.6) is 0 Å². The number of nitrogens with zero attached hydrogens (tertiary/aromatic N) is 1. The maximum Gasteiger partial charge on any atom is 0.303 e. The van der Waals surface area contributed by atoms with Crippen molar-refractivity contribution in [2.45, 2.75) is 19.8 Å². The van der Waals surface area contributed by atoms with Crippen LogP contribution in [0.2, 0.25) is 0 Å². The molecule has 3 rings (SSSR count). The fraction of sp³-hybridized carbons (Fsp3) is 0.278. The molecule has 0 saturated carbocycles. The van der Waals surface area contributed by atoms with Crippen LogP contribution >= 0.6 is 11.3 Å². The van der Waals surface area contributed by atoms with E-state index in [4.69, 9.17) is 0 Å². The maximum atomic E-state index is 12.7. The van der Waals surface area contributed by atoms with Gasteiger partial charge < -0.3 is 15.0 Å². The van der Waals surface area contributed by atoms with E-state index in [0.717, 1.165) is 24.1 Å². The zero-order chi connectivity index (χ0) is 17.8. The highest BCUT2D eigenvalue weighted by atomic mass is 32.1. The van der Waals surface area contributed by atoms with Gasteiger partial charge in [-0.05, 0) is 42.0 Å². The number of rotatable bonds is 4. The smallest absolute Gasteiger partial charge is 0.303 e. The second kappa shape index (κ2) is 7.48. The molecule has 1 N–H and O–H groups in total. The summed E-state index contributed by atoms with van der Waals surface area (Å²) in [4.78, 5) is 37.8. The Bertz CT molecular complexity index is 801. The number of nitrogens with one attached hydrogen (secondary N) is 1. The molecule has 0 fully saturated rings. The highest BCUT2D eigenvalue weighted by Gasteiger charge is 2.24. The van der Waals surface area contributed by atoms with Crippen LogP contribution in [0.1, 0.15) is 28.6 Å². The van der Waals surface area contributed by atoms with Gasteiger partial charge in [-0.15, -0.1) is 11.3 Å². The van der Waals surface area contributed by atoms with Crippen molar-refractivity contribution >= 4 is 40.5 Å². The molecule has 0 saturated heterocycles. The van der Waals surface area contributed by atoms with Crippen molar-refractivity contribution in [3.05, 3.63) is 46.2 Å². The number of carbonyl (C=O) groups is 3. The lowest BCUT2D eigenvalue weighted by molar-refractivity contribution is -0.144. The molecule has 1 aliphatic rings. The van der Waals surface area contributed by atoms with E-state index in [9.17, 15) is 14.4 Å². The number of amides is 2. The standard InChI is InChI=1S/C18H18N2O4S/c1-12(21)24-11-17(22)19-14-7-6-13-4-2-8-20(15(13)10-14)18(23)16-5-3-9-25-16/h3,5-7,9-10H,2,4,8,11H2,1H3,(H,19,22). The van der Waals surface area contributed by atoms with Crippen molar-refractivity contribution in [1.82, 2.24) is 0 Å². The lowest BCUT2D eigenvalue weighted by Crippen LogP contribution is -2.35. The highest BCUT2D eigenvalue weighted by molar-refractivity contribution is 7.12. The molecule has 1 aromatic heterocycles. The van der Waals surface area contributed by atoms with Crippen molar-refractivity contribution in [3.8, 4) is 0 Å². The van der Waals surface area contributed by atoms with E-state index >= 15 is 0 Å². The van der Waals surface area contributed by atoms with E-state index in [1.54, 1.807) is 17.0 Å². The molecule has 2 heterocycles. The van der Waals surface area contributed by atoms with Crippen LogP contribution in [0.15, 0.2) is 35.7 Å². The molecule has 25 heavy (non-hydrogen) atoms. The summed E-state index contributed by atoms with van der Waals surface area (Å²) in [5, 5.41) is 4.57. The van der Waals surface area contributed by atoms with E-state index in [2.05, 4.69) is 10.1 Å².